The largest absolute Gasteiger partial charge is 0.148 e. The van der Waals surface area contributed by atoms with E-state index in [4.69, 9.17) is 0 Å². The van der Waals surface area contributed by atoms with Gasteiger partial charge in [-0.25, -0.2) is 0 Å². The zero-order valence-electron chi connectivity index (χ0n) is 38.5. The fourth-order valence-corrected chi connectivity index (χ4v) is 30.4. The molecule has 62 heavy (non-hydrogen) atoms. The van der Waals surface area contributed by atoms with Crippen molar-refractivity contribution in [3.05, 3.63) is 82.2 Å². The van der Waals surface area contributed by atoms with Crippen LogP contribution in [0, 0.1) is 22.9 Å². The van der Waals surface area contributed by atoms with Crippen LogP contribution in [0.25, 0.3) is 33.4 Å². The van der Waals surface area contributed by atoms with Gasteiger partial charge in [0, 0.05) is 11.1 Å². The zero-order valence-corrected chi connectivity index (χ0v) is 40.5. The average Bonchev–Trinajstić information content (AvgIpc) is 3.84. The van der Waals surface area contributed by atoms with E-state index in [9.17, 15) is 0 Å². The average molecular weight is 853 g/mol. The summed E-state index contributed by atoms with van der Waals surface area (Å²) in [5, 5.41) is 2.83. The molecule has 324 valence electrons. The lowest BCUT2D eigenvalue weighted by Gasteiger charge is -2.50. The monoisotopic (exact) mass is 853 g/mol. The standard InChI is InChI=1S/C60H76Si2/c1-7-23-45(24-8-1)61(46-25-9-2-10-26-46,47-27-11-3-12-28-47)41-39-55-51-35-19-21-37-53(51)57-44-60-56(52-36-20-22-38-54(52)58(60)43-59(55)57)40-42-62(48-29-13-4-14-30-48,49-31-15-5-16-32-49)50-33-17-6-18-34-50/h19-22,35-38,43-50H,1-18,23-34H2. The second-order valence-electron chi connectivity index (χ2n) is 22.2. The summed E-state index contributed by atoms with van der Waals surface area (Å²) in [6.45, 7) is 0. The van der Waals surface area contributed by atoms with E-state index < -0.39 is 16.1 Å². The summed E-state index contributed by atoms with van der Waals surface area (Å²) in [5.41, 5.74) is 25.8. The Morgan fingerprint density at radius 1 is 0.290 bits per heavy atom. The summed E-state index contributed by atoms with van der Waals surface area (Å²) in [4.78, 5) is 0. The van der Waals surface area contributed by atoms with Crippen LogP contribution in [0.5, 0.6) is 0 Å². The van der Waals surface area contributed by atoms with Crippen molar-refractivity contribution in [2.24, 2.45) is 0 Å². The van der Waals surface area contributed by atoms with E-state index in [0.29, 0.717) is 0 Å². The van der Waals surface area contributed by atoms with Crippen molar-refractivity contribution >= 4 is 27.3 Å². The lowest BCUT2D eigenvalue weighted by molar-refractivity contribution is 0.421. The first kappa shape index (κ1) is 41.6. The van der Waals surface area contributed by atoms with Gasteiger partial charge >= 0.3 is 0 Å². The van der Waals surface area contributed by atoms with Crippen molar-refractivity contribution in [2.75, 3.05) is 0 Å². The lowest BCUT2D eigenvalue weighted by atomic mass is 9.98. The van der Waals surface area contributed by atoms with Gasteiger partial charge < -0.3 is 0 Å². The van der Waals surface area contributed by atoms with Crippen molar-refractivity contribution in [1.82, 2.24) is 0 Å². The van der Waals surface area contributed by atoms with Crippen molar-refractivity contribution in [1.29, 1.82) is 0 Å². The summed E-state index contributed by atoms with van der Waals surface area (Å²) in [6, 6.07) is 24.1. The first-order chi connectivity index (χ1) is 30.8. The second-order valence-corrected chi connectivity index (χ2v) is 31.3. The van der Waals surface area contributed by atoms with Crippen molar-refractivity contribution in [3.8, 4) is 45.2 Å². The fraction of sp³-hybridized carbons (Fsp3) is 0.600. The maximum Gasteiger partial charge on any atom is 0.148 e. The Balaban J connectivity index is 1.11. The van der Waals surface area contributed by atoms with Crippen molar-refractivity contribution < 1.29 is 0 Å². The van der Waals surface area contributed by atoms with Crippen LogP contribution in [0.15, 0.2) is 60.7 Å². The molecule has 0 aromatic heterocycles. The second kappa shape index (κ2) is 18.4. The van der Waals surface area contributed by atoms with Crippen LogP contribution in [0.3, 0.4) is 0 Å². The maximum atomic E-state index is 4.62. The number of benzene rings is 3. The molecular formula is C60H76Si2. The molecule has 0 atom stereocenters. The molecule has 0 unspecified atom stereocenters. The van der Waals surface area contributed by atoms with Gasteiger partial charge in [-0.15, -0.1) is 11.1 Å². The molecule has 0 saturated heterocycles. The van der Waals surface area contributed by atoms with Gasteiger partial charge in [-0.2, -0.15) is 0 Å². The van der Waals surface area contributed by atoms with Crippen molar-refractivity contribution in [3.63, 3.8) is 0 Å². The van der Waals surface area contributed by atoms with E-state index >= 15 is 0 Å². The zero-order chi connectivity index (χ0) is 41.4. The first-order valence-corrected chi connectivity index (χ1v) is 31.4. The van der Waals surface area contributed by atoms with Gasteiger partial charge in [0.05, 0.1) is 0 Å². The third-order valence-electron chi connectivity index (χ3n) is 19.2. The Morgan fingerprint density at radius 2 is 0.532 bits per heavy atom. The van der Waals surface area contributed by atoms with Gasteiger partial charge in [0.25, 0.3) is 0 Å². The van der Waals surface area contributed by atoms with Crippen LogP contribution in [-0.4, -0.2) is 16.1 Å². The first-order valence-electron chi connectivity index (χ1n) is 26.9. The summed E-state index contributed by atoms with van der Waals surface area (Å²) in [5.74, 6) is 8.61. The lowest BCUT2D eigenvalue weighted by Crippen LogP contribution is -2.50. The third kappa shape index (κ3) is 7.43. The highest BCUT2D eigenvalue weighted by Crippen LogP contribution is 2.58. The number of rotatable bonds is 6. The molecule has 3 aromatic carbocycles. The molecule has 0 amide bonds. The van der Waals surface area contributed by atoms with Crippen LogP contribution >= 0.6 is 0 Å². The van der Waals surface area contributed by atoms with E-state index in [0.717, 1.165) is 33.2 Å². The molecule has 6 saturated carbocycles. The molecule has 3 aromatic rings. The molecule has 11 rings (SSSR count). The summed E-state index contributed by atoms with van der Waals surface area (Å²) >= 11 is 0. The Kier molecular flexibility index (Phi) is 12.4. The van der Waals surface area contributed by atoms with Gasteiger partial charge in [0.2, 0.25) is 0 Å². The summed E-state index contributed by atoms with van der Waals surface area (Å²) in [7, 11) is -3.93. The number of hydrogen-bond donors (Lipinski definition) is 0. The van der Waals surface area contributed by atoms with Crippen LogP contribution < -0.4 is 10.4 Å². The van der Waals surface area contributed by atoms with E-state index in [-0.39, 0.29) is 0 Å². The molecule has 2 heteroatoms. The number of fused-ring (bicyclic) bond motifs is 6. The highest BCUT2D eigenvalue weighted by Gasteiger charge is 2.54. The molecule has 8 aliphatic carbocycles. The van der Waals surface area contributed by atoms with E-state index in [1.54, 1.807) is 0 Å². The van der Waals surface area contributed by atoms with Crippen LogP contribution in [0.2, 0.25) is 33.2 Å². The normalized spacial score (nSPS) is 23.4. The molecule has 0 bridgehead atoms. The number of hydrogen-bond acceptors (Lipinski definition) is 0. The van der Waals surface area contributed by atoms with Crippen LogP contribution in [-0.2, 0) is 0 Å². The molecule has 6 fully saturated rings. The Labute approximate surface area is 378 Å². The molecule has 0 nitrogen and oxygen atoms in total. The van der Waals surface area contributed by atoms with Gasteiger partial charge in [0.1, 0.15) is 16.1 Å². The summed E-state index contributed by atoms with van der Waals surface area (Å²) < 4.78 is 0. The smallest absolute Gasteiger partial charge is 0.125 e. The third-order valence-corrected chi connectivity index (χ3v) is 31.8. The predicted molar refractivity (Wildman–Crippen MR) is 270 cm³/mol. The molecular weight excluding hydrogens is 777 g/mol. The van der Waals surface area contributed by atoms with Crippen molar-refractivity contribution in [2.45, 2.75) is 226 Å². The fourth-order valence-electron chi connectivity index (χ4n) is 16.3. The molecule has 0 spiro atoms. The van der Waals surface area contributed by atoms with Gasteiger partial charge in [-0.05, 0) is 89.2 Å². The van der Waals surface area contributed by atoms with Gasteiger partial charge in [-0.3, -0.25) is 0 Å². The minimum atomic E-state index is -1.97. The van der Waals surface area contributed by atoms with E-state index in [1.165, 1.54) is 248 Å². The maximum absolute atomic E-state index is 4.62. The molecule has 0 heterocycles. The highest BCUT2D eigenvalue weighted by atomic mass is 28.3. The van der Waals surface area contributed by atoms with Gasteiger partial charge in [-0.1, -0.05) is 253 Å². The van der Waals surface area contributed by atoms with E-state index in [2.05, 4.69) is 83.6 Å². The predicted octanol–water partition coefficient (Wildman–Crippen LogP) is 16.0. The van der Waals surface area contributed by atoms with Crippen LogP contribution in [0.1, 0.15) is 204 Å². The summed E-state index contributed by atoms with van der Waals surface area (Å²) in [6.07, 6.45) is 43.6. The van der Waals surface area contributed by atoms with Gasteiger partial charge in [0.15, 0.2) is 0 Å². The topological polar surface area (TPSA) is 0 Å². The molecule has 0 N–H and O–H groups in total. The highest BCUT2D eigenvalue weighted by molar-refractivity contribution is 6.91. The molecule has 0 radical (unpaired) electrons. The minimum Gasteiger partial charge on any atom is -0.125 e. The Morgan fingerprint density at radius 3 is 0.790 bits per heavy atom. The molecule has 8 aliphatic rings. The Hall–Kier alpha value is -3.05. The SMILES string of the molecule is C(#C[Si](C1CCCCC1)(C1CCCCC1)C1CCCCC1)C1=c2cc3c(cc2-c2ccccc21)=C(C#C[Si](C1CCCCC1)(C1CCCCC1)C1CCCCC1)c1ccccc1-3. The van der Waals surface area contributed by atoms with Crippen LogP contribution in [0.4, 0.5) is 0 Å². The molecule has 0 aliphatic heterocycles. The van der Waals surface area contributed by atoms with E-state index in [1.807, 2.05) is 0 Å². The minimum absolute atomic E-state index is 0.904. The Bertz CT molecular complexity index is 2080. The quantitative estimate of drug-likeness (QED) is 0.171.